The summed E-state index contributed by atoms with van der Waals surface area (Å²) in [5, 5.41) is 4.67. The Hall–Kier alpha value is -1.36. The van der Waals surface area contributed by atoms with Crippen molar-refractivity contribution in [2.24, 2.45) is 23.0 Å². The zero-order valence-corrected chi connectivity index (χ0v) is 21.8. The number of benzene rings is 2. The molecule has 2 aromatic rings. The molecule has 0 aliphatic heterocycles. The maximum Gasteiger partial charge on any atom is 0.0818 e. The molecule has 5 aliphatic carbocycles. The van der Waals surface area contributed by atoms with Crippen LogP contribution in [0.3, 0.4) is 0 Å². The zero-order chi connectivity index (χ0) is 23.2. The van der Waals surface area contributed by atoms with Crippen LogP contribution < -0.4 is 11.1 Å². The predicted molar refractivity (Wildman–Crippen MR) is 148 cm³/mol. The average Bonchev–Trinajstić information content (AvgIpc) is 2.86. The molecular weight excluding hydrogens is 452 g/mol. The number of nitrogens with two attached hydrogens (primary N) is 1. The van der Waals surface area contributed by atoms with Crippen LogP contribution >= 0.6 is 24.0 Å². The molecule has 5 aliphatic rings. The Morgan fingerprint density at radius 2 is 1.50 bits per heavy atom. The van der Waals surface area contributed by atoms with Crippen molar-refractivity contribution in [2.75, 3.05) is 0 Å². The molecular formula is C30H38N2S2. The fourth-order valence-corrected chi connectivity index (χ4v) is 10.1. The van der Waals surface area contributed by atoms with Crippen LogP contribution in [0.2, 0.25) is 0 Å². The van der Waals surface area contributed by atoms with Crippen molar-refractivity contribution < 1.29 is 0 Å². The highest BCUT2D eigenvalue weighted by atomic mass is 32.2. The van der Waals surface area contributed by atoms with Crippen LogP contribution in [0.15, 0.2) is 60.7 Å². The second-order valence-electron chi connectivity index (χ2n) is 11.8. The van der Waals surface area contributed by atoms with Gasteiger partial charge in [-0.05, 0) is 86.2 Å². The van der Waals surface area contributed by atoms with E-state index < -0.39 is 0 Å². The summed E-state index contributed by atoms with van der Waals surface area (Å²) in [4.78, 5) is 1.19. The van der Waals surface area contributed by atoms with Gasteiger partial charge in [-0.15, -0.1) is 0 Å². The van der Waals surface area contributed by atoms with E-state index >= 15 is 0 Å². The lowest BCUT2D eigenvalue weighted by atomic mass is 9.42. The largest absolute Gasteiger partial charge is 0.376 e. The van der Waals surface area contributed by atoms with E-state index in [4.69, 9.17) is 18.0 Å². The number of thiocarbonyl (C=S) groups is 1. The SMILES string of the molecule is NC1CCC(NC(=S)C23CC4CC(c5ccccc5)(CC(C2)C4SCc2ccccc2)C3)CC1. The van der Waals surface area contributed by atoms with Gasteiger partial charge in [0.25, 0.3) is 0 Å². The maximum atomic E-state index is 6.29. The van der Waals surface area contributed by atoms with E-state index in [1.54, 1.807) is 5.56 Å². The molecule has 5 fully saturated rings. The molecule has 34 heavy (non-hydrogen) atoms. The first-order valence-corrected chi connectivity index (χ1v) is 14.8. The summed E-state index contributed by atoms with van der Waals surface area (Å²) in [6, 6.07) is 23.4. The second-order valence-corrected chi connectivity index (χ2v) is 13.4. The van der Waals surface area contributed by atoms with Gasteiger partial charge in [0.05, 0.1) is 4.99 Å². The monoisotopic (exact) mass is 490 g/mol. The highest BCUT2D eigenvalue weighted by Crippen LogP contribution is 2.68. The van der Waals surface area contributed by atoms with Crippen LogP contribution in [-0.2, 0) is 11.2 Å². The van der Waals surface area contributed by atoms with Crippen molar-refractivity contribution >= 4 is 29.0 Å². The molecule has 2 atom stereocenters. The van der Waals surface area contributed by atoms with E-state index in [9.17, 15) is 0 Å². The second kappa shape index (κ2) is 9.26. The average molecular weight is 491 g/mol. The molecule has 0 spiro atoms. The van der Waals surface area contributed by atoms with Crippen molar-refractivity contribution in [3.05, 3.63) is 71.8 Å². The van der Waals surface area contributed by atoms with Gasteiger partial charge >= 0.3 is 0 Å². The van der Waals surface area contributed by atoms with Gasteiger partial charge in [0.2, 0.25) is 0 Å². The smallest absolute Gasteiger partial charge is 0.0818 e. The third-order valence-electron chi connectivity index (χ3n) is 9.48. The van der Waals surface area contributed by atoms with Crippen molar-refractivity contribution in [3.63, 3.8) is 0 Å². The molecule has 0 heterocycles. The lowest BCUT2D eigenvalue weighted by Crippen LogP contribution is -2.63. The van der Waals surface area contributed by atoms with Crippen LogP contribution in [0.1, 0.15) is 68.9 Å². The van der Waals surface area contributed by atoms with Crippen molar-refractivity contribution in [1.82, 2.24) is 5.32 Å². The first-order valence-electron chi connectivity index (χ1n) is 13.3. The zero-order valence-electron chi connectivity index (χ0n) is 20.1. The van der Waals surface area contributed by atoms with Gasteiger partial charge in [-0.1, -0.05) is 72.9 Å². The molecule has 5 saturated carbocycles. The van der Waals surface area contributed by atoms with Gasteiger partial charge < -0.3 is 11.1 Å². The highest BCUT2D eigenvalue weighted by molar-refractivity contribution is 7.99. The minimum absolute atomic E-state index is 0.181. The van der Waals surface area contributed by atoms with E-state index in [1.807, 2.05) is 0 Å². The van der Waals surface area contributed by atoms with Crippen LogP contribution in [0, 0.1) is 17.3 Å². The van der Waals surface area contributed by atoms with Crippen LogP contribution in [0.25, 0.3) is 0 Å². The minimum Gasteiger partial charge on any atom is -0.376 e. The van der Waals surface area contributed by atoms with Crippen molar-refractivity contribution in [2.45, 2.75) is 86.3 Å². The molecule has 180 valence electrons. The summed E-state index contributed by atoms with van der Waals surface area (Å²) in [5.41, 5.74) is 9.68. The molecule has 0 aromatic heterocycles. The molecule has 2 aromatic carbocycles. The van der Waals surface area contributed by atoms with Crippen LogP contribution in [0.5, 0.6) is 0 Å². The van der Waals surface area contributed by atoms with Crippen molar-refractivity contribution in [1.29, 1.82) is 0 Å². The van der Waals surface area contributed by atoms with Gasteiger partial charge in [-0.25, -0.2) is 0 Å². The molecule has 4 bridgehead atoms. The van der Waals surface area contributed by atoms with Crippen LogP contribution in [-0.4, -0.2) is 22.3 Å². The third kappa shape index (κ3) is 4.24. The molecule has 2 nitrogen and oxygen atoms in total. The van der Waals surface area contributed by atoms with Gasteiger partial charge in [0, 0.05) is 28.5 Å². The first kappa shape index (κ1) is 23.1. The molecule has 0 saturated heterocycles. The van der Waals surface area contributed by atoms with E-state index in [0.29, 0.717) is 17.5 Å². The number of thioether (sulfide) groups is 1. The van der Waals surface area contributed by atoms with Gasteiger partial charge in [-0.3, -0.25) is 0 Å². The standard InChI is InChI=1S/C30H38N2S2/c31-25-11-13-26(14-12-25)32-28(33)30-17-22-15-29(20-30,24-9-5-2-6-10-24)16-23(18-30)27(22)34-19-21-7-3-1-4-8-21/h1-10,22-23,25-27H,11-20,31H2,(H,32,33). The number of nitrogens with one attached hydrogen (secondary N) is 1. The fourth-order valence-electron chi connectivity index (χ4n) is 8.14. The first-order chi connectivity index (χ1) is 16.6. The Balaban J connectivity index is 1.25. The minimum atomic E-state index is 0.181. The summed E-state index contributed by atoms with van der Waals surface area (Å²) in [6.45, 7) is 0. The van der Waals surface area contributed by atoms with E-state index in [-0.39, 0.29) is 5.41 Å². The van der Waals surface area contributed by atoms with E-state index in [2.05, 4.69) is 77.7 Å². The Labute approximate surface area is 214 Å². The summed E-state index contributed by atoms with van der Waals surface area (Å²) in [5.74, 6) is 2.65. The van der Waals surface area contributed by atoms with E-state index in [0.717, 1.165) is 35.7 Å². The lowest BCUT2D eigenvalue weighted by molar-refractivity contribution is -0.0298. The Morgan fingerprint density at radius 1 is 0.882 bits per heavy atom. The third-order valence-corrected chi connectivity index (χ3v) is 11.7. The summed E-state index contributed by atoms with van der Waals surface area (Å²) in [7, 11) is 0. The molecule has 3 N–H and O–H groups in total. The van der Waals surface area contributed by atoms with Gasteiger partial charge in [0.1, 0.15) is 0 Å². The molecule has 0 radical (unpaired) electrons. The van der Waals surface area contributed by atoms with Crippen LogP contribution in [0.4, 0.5) is 0 Å². The molecule has 2 unspecified atom stereocenters. The number of hydrogen-bond acceptors (Lipinski definition) is 3. The van der Waals surface area contributed by atoms with Crippen molar-refractivity contribution in [3.8, 4) is 0 Å². The summed E-state index contributed by atoms with van der Waals surface area (Å²) in [6.07, 6.45) is 11.1. The normalized spacial score (nSPS) is 38.6. The maximum absolute atomic E-state index is 6.29. The Morgan fingerprint density at radius 3 is 2.15 bits per heavy atom. The number of rotatable bonds is 6. The summed E-state index contributed by atoms with van der Waals surface area (Å²) >= 11 is 8.51. The lowest BCUT2D eigenvalue weighted by Gasteiger charge is -2.65. The topological polar surface area (TPSA) is 38.0 Å². The Bertz CT molecular complexity index is 983. The number of hydrogen-bond donors (Lipinski definition) is 2. The van der Waals surface area contributed by atoms with Gasteiger partial charge in [-0.2, -0.15) is 11.8 Å². The fraction of sp³-hybridized carbons (Fsp3) is 0.567. The predicted octanol–water partition coefficient (Wildman–Crippen LogP) is 6.62. The molecule has 7 rings (SSSR count). The van der Waals surface area contributed by atoms with E-state index in [1.165, 1.54) is 55.5 Å². The van der Waals surface area contributed by atoms with Gasteiger partial charge in [0.15, 0.2) is 0 Å². The summed E-state index contributed by atoms with van der Waals surface area (Å²) < 4.78 is 0. The molecule has 0 amide bonds. The quantitative estimate of drug-likeness (QED) is 0.446. The molecule has 4 heteroatoms. The highest BCUT2D eigenvalue weighted by Gasteiger charge is 2.63. The Kier molecular flexibility index (Phi) is 6.28.